The predicted octanol–water partition coefficient (Wildman–Crippen LogP) is 3.01. The molecule has 1 aromatic rings. The van der Waals surface area contributed by atoms with Crippen LogP contribution in [0.2, 0.25) is 0 Å². The van der Waals surface area contributed by atoms with E-state index in [-0.39, 0.29) is 17.7 Å². The van der Waals surface area contributed by atoms with Crippen molar-refractivity contribution in [1.29, 1.82) is 0 Å². The van der Waals surface area contributed by atoms with E-state index in [0.29, 0.717) is 19.0 Å². The molecule has 5 nitrogen and oxygen atoms in total. The third kappa shape index (κ3) is 6.43. The SMILES string of the molecule is C=CCCC(=O)N1CCC(N2CCC[C@H](C(=O)NCCc3ccccc3)C2)CC1. The number of hydrogen-bond acceptors (Lipinski definition) is 3. The maximum absolute atomic E-state index is 12.7. The van der Waals surface area contributed by atoms with Crippen LogP contribution in [0.25, 0.3) is 0 Å². The van der Waals surface area contributed by atoms with Crippen molar-refractivity contribution in [3.8, 4) is 0 Å². The zero-order valence-corrected chi connectivity index (χ0v) is 17.5. The monoisotopic (exact) mass is 397 g/mol. The van der Waals surface area contributed by atoms with E-state index < -0.39 is 0 Å². The van der Waals surface area contributed by atoms with Crippen LogP contribution in [0.3, 0.4) is 0 Å². The van der Waals surface area contributed by atoms with E-state index >= 15 is 0 Å². The number of nitrogens with one attached hydrogen (secondary N) is 1. The third-order valence-corrected chi connectivity index (χ3v) is 6.28. The normalized spacial score (nSPS) is 21.0. The van der Waals surface area contributed by atoms with Gasteiger partial charge < -0.3 is 10.2 Å². The zero-order valence-electron chi connectivity index (χ0n) is 17.5. The lowest BCUT2D eigenvalue weighted by molar-refractivity contribution is -0.132. The van der Waals surface area contributed by atoms with E-state index in [9.17, 15) is 9.59 Å². The number of likely N-dealkylation sites (tertiary alicyclic amines) is 2. The van der Waals surface area contributed by atoms with Crippen molar-refractivity contribution in [2.75, 3.05) is 32.7 Å². The average molecular weight is 398 g/mol. The highest BCUT2D eigenvalue weighted by Crippen LogP contribution is 2.24. The second-order valence-corrected chi connectivity index (χ2v) is 8.30. The van der Waals surface area contributed by atoms with Crippen LogP contribution in [0, 0.1) is 5.92 Å². The molecule has 0 aliphatic carbocycles. The molecule has 1 atom stereocenters. The number of carbonyl (C=O) groups is 2. The van der Waals surface area contributed by atoms with Gasteiger partial charge in [0.25, 0.3) is 0 Å². The molecule has 0 radical (unpaired) electrons. The Morgan fingerprint density at radius 1 is 1.10 bits per heavy atom. The molecule has 5 heteroatoms. The van der Waals surface area contributed by atoms with Crippen molar-refractivity contribution in [3.63, 3.8) is 0 Å². The van der Waals surface area contributed by atoms with Gasteiger partial charge in [0.05, 0.1) is 5.92 Å². The van der Waals surface area contributed by atoms with E-state index in [1.54, 1.807) is 0 Å². The number of carbonyl (C=O) groups excluding carboxylic acids is 2. The van der Waals surface area contributed by atoms with Crippen LogP contribution >= 0.6 is 0 Å². The van der Waals surface area contributed by atoms with Crippen molar-refractivity contribution < 1.29 is 9.59 Å². The smallest absolute Gasteiger partial charge is 0.224 e. The maximum Gasteiger partial charge on any atom is 0.224 e. The fourth-order valence-corrected chi connectivity index (χ4v) is 4.54. The highest BCUT2D eigenvalue weighted by atomic mass is 16.2. The van der Waals surface area contributed by atoms with Crippen LogP contribution < -0.4 is 5.32 Å². The molecule has 0 bridgehead atoms. The number of allylic oxidation sites excluding steroid dienone is 1. The molecule has 158 valence electrons. The summed E-state index contributed by atoms with van der Waals surface area (Å²) in [5.74, 6) is 0.534. The van der Waals surface area contributed by atoms with Crippen LogP contribution in [0.15, 0.2) is 43.0 Å². The summed E-state index contributed by atoms with van der Waals surface area (Å²) in [5.41, 5.74) is 1.26. The Morgan fingerprint density at radius 2 is 1.86 bits per heavy atom. The Morgan fingerprint density at radius 3 is 2.59 bits per heavy atom. The van der Waals surface area contributed by atoms with E-state index in [4.69, 9.17) is 0 Å². The topological polar surface area (TPSA) is 52.7 Å². The molecule has 0 spiro atoms. The maximum atomic E-state index is 12.7. The molecular weight excluding hydrogens is 362 g/mol. The standard InChI is InChI=1S/C24H35N3O2/c1-2-3-11-23(28)26-17-13-22(14-18-26)27-16-7-10-21(19-27)24(29)25-15-12-20-8-5-4-6-9-20/h2,4-6,8-9,21-22H,1,3,7,10-19H2,(H,25,29)/t21-/m0/s1. The van der Waals surface area contributed by atoms with Crippen molar-refractivity contribution in [1.82, 2.24) is 15.1 Å². The molecule has 2 fully saturated rings. The van der Waals surface area contributed by atoms with Crippen LogP contribution in [0.5, 0.6) is 0 Å². The molecule has 2 saturated heterocycles. The van der Waals surface area contributed by atoms with Crippen LogP contribution in [-0.2, 0) is 16.0 Å². The van der Waals surface area contributed by atoms with E-state index in [2.05, 4.69) is 28.9 Å². The fourth-order valence-electron chi connectivity index (χ4n) is 4.54. The molecule has 0 unspecified atom stereocenters. The lowest BCUT2D eigenvalue weighted by Gasteiger charge is -2.42. The number of nitrogens with zero attached hydrogens (tertiary/aromatic N) is 2. The van der Waals surface area contributed by atoms with Gasteiger partial charge in [-0.1, -0.05) is 36.4 Å². The van der Waals surface area contributed by atoms with Crippen molar-refractivity contribution in [3.05, 3.63) is 48.6 Å². The lowest BCUT2D eigenvalue weighted by atomic mass is 9.93. The fraction of sp³-hybridized carbons (Fsp3) is 0.583. The average Bonchev–Trinajstić information content (AvgIpc) is 2.78. The lowest BCUT2D eigenvalue weighted by Crippen LogP contribution is -2.51. The molecule has 1 N–H and O–H groups in total. The van der Waals surface area contributed by atoms with Crippen molar-refractivity contribution >= 4 is 11.8 Å². The Kier molecular flexibility index (Phi) is 8.29. The molecule has 3 rings (SSSR count). The number of benzene rings is 1. The van der Waals surface area contributed by atoms with Crippen LogP contribution in [-0.4, -0.2) is 60.4 Å². The highest BCUT2D eigenvalue weighted by molar-refractivity contribution is 5.79. The molecule has 0 aromatic heterocycles. The number of piperidine rings is 2. The second kappa shape index (κ2) is 11.1. The van der Waals surface area contributed by atoms with Crippen LogP contribution in [0.1, 0.15) is 44.1 Å². The number of amides is 2. The molecule has 2 aliphatic rings. The summed E-state index contributed by atoms with van der Waals surface area (Å²) in [6, 6.07) is 10.8. The molecule has 0 saturated carbocycles. The Labute approximate surface area is 175 Å². The first kappa shape index (κ1) is 21.6. The van der Waals surface area contributed by atoms with E-state index in [1.165, 1.54) is 5.56 Å². The first-order valence-electron chi connectivity index (χ1n) is 11.1. The molecule has 2 heterocycles. The summed E-state index contributed by atoms with van der Waals surface area (Å²) >= 11 is 0. The van der Waals surface area contributed by atoms with Gasteiger partial charge in [0.1, 0.15) is 0 Å². The molecule has 2 amide bonds. The largest absolute Gasteiger partial charge is 0.355 e. The first-order chi connectivity index (χ1) is 14.2. The number of rotatable bonds is 8. The van der Waals surface area contributed by atoms with Gasteiger partial charge in [-0.15, -0.1) is 6.58 Å². The van der Waals surface area contributed by atoms with Crippen molar-refractivity contribution in [2.24, 2.45) is 5.92 Å². The Hall–Kier alpha value is -2.14. The van der Waals surface area contributed by atoms with Gasteiger partial charge in [-0.3, -0.25) is 14.5 Å². The zero-order chi connectivity index (χ0) is 20.5. The molecule has 29 heavy (non-hydrogen) atoms. The summed E-state index contributed by atoms with van der Waals surface area (Å²) in [6.45, 7) is 8.00. The van der Waals surface area contributed by atoms with Gasteiger partial charge in [-0.25, -0.2) is 0 Å². The minimum atomic E-state index is 0.0896. The molecular formula is C24H35N3O2. The summed E-state index contributed by atoms with van der Waals surface area (Å²) in [7, 11) is 0. The van der Waals surface area contributed by atoms with Gasteiger partial charge >= 0.3 is 0 Å². The van der Waals surface area contributed by atoms with Gasteiger partial charge in [-0.2, -0.15) is 0 Å². The highest BCUT2D eigenvalue weighted by Gasteiger charge is 2.32. The second-order valence-electron chi connectivity index (χ2n) is 8.30. The summed E-state index contributed by atoms with van der Waals surface area (Å²) in [6.07, 6.45) is 8.10. The summed E-state index contributed by atoms with van der Waals surface area (Å²) in [5, 5.41) is 3.14. The van der Waals surface area contributed by atoms with E-state index in [0.717, 1.165) is 64.7 Å². The summed E-state index contributed by atoms with van der Waals surface area (Å²) < 4.78 is 0. The minimum absolute atomic E-state index is 0.0896. The predicted molar refractivity (Wildman–Crippen MR) is 116 cm³/mol. The van der Waals surface area contributed by atoms with Crippen molar-refractivity contribution in [2.45, 2.75) is 51.0 Å². The van der Waals surface area contributed by atoms with Gasteiger partial charge in [0.2, 0.25) is 11.8 Å². The van der Waals surface area contributed by atoms with Gasteiger partial charge in [0, 0.05) is 38.6 Å². The molecule has 1 aromatic carbocycles. The van der Waals surface area contributed by atoms with E-state index in [1.807, 2.05) is 29.2 Å². The summed E-state index contributed by atoms with van der Waals surface area (Å²) in [4.78, 5) is 29.3. The Balaban J connectivity index is 1.40. The minimum Gasteiger partial charge on any atom is -0.355 e. The Bertz CT molecular complexity index is 668. The third-order valence-electron chi connectivity index (χ3n) is 6.28. The first-order valence-corrected chi connectivity index (χ1v) is 11.1. The van der Waals surface area contributed by atoms with Crippen LogP contribution in [0.4, 0.5) is 0 Å². The van der Waals surface area contributed by atoms with Gasteiger partial charge in [-0.05, 0) is 50.6 Å². The molecule has 2 aliphatic heterocycles. The van der Waals surface area contributed by atoms with Gasteiger partial charge in [0.15, 0.2) is 0 Å². The number of hydrogen-bond donors (Lipinski definition) is 1. The quantitative estimate of drug-likeness (QED) is 0.686.